The number of methoxy groups -OCH3 is 1. The van der Waals surface area contributed by atoms with E-state index in [-0.39, 0.29) is 12.5 Å². The highest BCUT2D eigenvalue weighted by Crippen LogP contribution is 2.27. The number of ether oxygens (including phenoxy) is 2. The molecule has 0 spiro atoms. The second-order valence-corrected chi connectivity index (χ2v) is 8.14. The summed E-state index contributed by atoms with van der Waals surface area (Å²) in [6.07, 6.45) is 0. The van der Waals surface area contributed by atoms with Gasteiger partial charge in [0.1, 0.15) is 11.5 Å². The topological polar surface area (TPSA) is 67.8 Å². The van der Waals surface area contributed by atoms with Crippen LogP contribution in [0.4, 0.5) is 5.82 Å². The van der Waals surface area contributed by atoms with Crippen molar-refractivity contribution in [3.8, 4) is 22.8 Å². The summed E-state index contributed by atoms with van der Waals surface area (Å²) in [6.45, 7) is 2.67. The van der Waals surface area contributed by atoms with E-state index < -0.39 is 0 Å². The fourth-order valence-electron chi connectivity index (χ4n) is 4.18. The zero-order valence-electron chi connectivity index (χ0n) is 19.1. The summed E-state index contributed by atoms with van der Waals surface area (Å²) in [7, 11) is 1.62. The average molecular weight is 455 g/mol. The van der Waals surface area contributed by atoms with Crippen molar-refractivity contribution in [2.75, 3.05) is 44.8 Å². The Hall–Kier alpha value is -4.13. The van der Waals surface area contributed by atoms with Gasteiger partial charge in [-0.3, -0.25) is 4.79 Å². The smallest absolute Gasteiger partial charge is 0.260 e. The van der Waals surface area contributed by atoms with Crippen molar-refractivity contribution in [1.82, 2.24) is 15.1 Å². The first kappa shape index (κ1) is 21.7. The summed E-state index contributed by atoms with van der Waals surface area (Å²) in [5.74, 6) is 2.20. The lowest BCUT2D eigenvalue weighted by molar-refractivity contribution is -0.133. The molecule has 0 N–H and O–H groups in total. The molecule has 7 nitrogen and oxygen atoms in total. The monoisotopic (exact) mass is 454 g/mol. The number of hydrogen-bond donors (Lipinski definition) is 0. The number of benzene rings is 3. The SMILES string of the molecule is COc1ccc(OCC(=O)N2CCN(c3ccc(-c4cccc5ccccc45)nn3)CC2)cc1. The molecular formula is C27H26N4O3. The summed E-state index contributed by atoms with van der Waals surface area (Å²) in [5, 5.41) is 11.3. The fraction of sp³-hybridized carbons (Fsp3) is 0.222. The third-order valence-electron chi connectivity index (χ3n) is 6.09. The van der Waals surface area contributed by atoms with Crippen molar-refractivity contribution >= 4 is 22.5 Å². The van der Waals surface area contributed by atoms with Gasteiger partial charge in [0, 0.05) is 31.7 Å². The standard InChI is InChI=1S/C27H26N4O3/c1-33-21-9-11-22(12-10-21)34-19-27(32)31-17-15-30(16-18-31)26-14-13-25(28-29-26)24-8-4-6-20-5-2-3-7-23(20)24/h2-14H,15-19H2,1H3. The first-order valence-corrected chi connectivity index (χ1v) is 11.3. The molecule has 1 saturated heterocycles. The third-order valence-corrected chi connectivity index (χ3v) is 6.09. The molecule has 0 saturated carbocycles. The molecule has 34 heavy (non-hydrogen) atoms. The molecule has 0 atom stereocenters. The van der Waals surface area contributed by atoms with Crippen molar-refractivity contribution in [1.29, 1.82) is 0 Å². The van der Waals surface area contributed by atoms with E-state index in [9.17, 15) is 4.79 Å². The Balaban J connectivity index is 1.17. The van der Waals surface area contributed by atoms with Gasteiger partial charge in [0.15, 0.2) is 12.4 Å². The van der Waals surface area contributed by atoms with Crippen LogP contribution in [0.5, 0.6) is 11.5 Å². The lowest BCUT2D eigenvalue weighted by Gasteiger charge is -2.35. The van der Waals surface area contributed by atoms with Crippen molar-refractivity contribution in [2.24, 2.45) is 0 Å². The van der Waals surface area contributed by atoms with Gasteiger partial charge in [0.05, 0.1) is 12.8 Å². The minimum atomic E-state index is -0.0205. The molecular weight excluding hydrogens is 428 g/mol. The van der Waals surface area contributed by atoms with Crippen molar-refractivity contribution < 1.29 is 14.3 Å². The van der Waals surface area contributed by atoms with Gasteiger partial charge in [-0.25, -0.2) is 0 Å². The summed E-state index contributed by atoms with van der Waals surface area (Å²) in [4.78, 5) is 16.6. The molecule has 1 aliphatic rings. The minimum Gasteiger partial charge on any atom is -0.497 e. The molecule has 1 aliphatic heterocycles. The van der Waals surface area contributed by atoms with E-state index >= 15 is 0 Å². The minimum absolute atomic E-state index is 0.0197. The predicted octanol–water partition coefficient (Wildman–Crippen LogP) is 4.03. The van der Waals surface area contributed by atoms with Crippen LogP contribution in [0.25, 0.3) is 22.0 Å². The molecule has 2 heterocycles. The maximum Gasteiger partial charge on any atom is 0.260 e. The normalized spacial score (nSPS) is 13.7. The van der Waals surface area contributed by atoms with Crippen LogP contribution < -0.4 is 14.4 Å². The number of anilines is 1. The molecule has 0 bridgehead atoms. The highest BCUT2D eigenvalue weighted by atomic mass is 16.5. The Morgan fingerprint density at radius 3 is 2.29 bits per heavy atom. The Morgan fingerprint density at radius 2 is 1.56 bits per heavy atom. The van der Waals surface area contributed by atoms with Crippen LogP contribution in [0.1, 0.15) is 0 Å². The van der Waals surface area contributed by atoms with Gasteiger partial charge in [-0.2, -0.15) is 0 Å². The molecule has 1 amide bonds. The van der Waals surface area contributed by atoms with Crippen LogP contribution >= 0.6 is 0 Å². The summed E-state index contributed by atoms with van der Waals surface area (Å²) < 4.78 is 10.8. The third kappa shape index (κ3) is 4.64. The van der Waals surface area contributed by atoms with Gasteiger partial charge in [-0.15, -0.1) is 10.2 Å². The second kappa shape index (κ2) is 9.79. The molecule has 172 valence electrons. The van der Waals surface area contributed by atoms with Gasteiger partial charge in [-0.05, 0) is 47.2 Å². The second-order valence-electron chi connectivity index (χ2n) is 8.14. The highest BCUT2D eigenvalue weighted by molar-refractivity contribution is 5.95. The van der Waals surface area contributed by atoms with Gasteiger partial charge < -0.3 is 19.3 Å². The van der Waals surface area contributed by atoms with E-state index in [1.165, 1.54) is 5.39 Å². The van der Waals surface area contributed by atoms with Gasteiger partial charge in [-0.1, -0.05) is 42.5 Å². The van der Waals surface area contributed by atoms with Crippen LogP contribution in [-0.4, -0.2) is 60.9 Å². The number of amides is 1. The Labute approximate surface area is 198 Å². The Bertz CT molecular complexity index is 1260. The van der Waals surface area contributed by atoms with Gasteiger partial charge in [0.2, 0.25) is 0 Å². The Kier molecular flexibility index (Phi) is 6.25. The summed E-state index contributed by atoms with van der Waals surface area (Å²) in [5.41, 5.74) is 1.93. The molecule has 4 aromatic rings. The van der Waals surface area contributed by atoms with Crippen molar-refractivity contribution in [3.05, 3.63) is 78.9 Å². The van der Waals surface area contributed by atoms with Crippen LogP contribution in [0.15, 0.2) is 78.9 Å². The number of nitrogens with zero attached hydrogens (tertiary/aromatic N) is 4. The number of carbonyl (C=O) groups excluding carboxylic acids is 1. The summed E-state index contributed by atoms with van der Waals surface area (Å²) >= 11 is 0. The number of piperazine rings is 1. The van der Waals surface area contributed by atoms with Gasteiger partial charge in [0.25, 0.3) is 5.91 Å². The zero-order valence-corrected chi connectivity index (χ0v) is 19.1. The van der Waals surface area contributed by atoms with Crippen molar-refractivity contribution in [2.45, 2.75) is 0 Å². The van der Waals surface area contributed by atoms with Gasteiger partial charge >= 0.3 is 0 Å². The fourth-order valence-corrected chi connectivity index (χ4v) is 4.18. The first-order chi connectivity index (χ1) is 16.7. The maximum absolute atomic E-state index is 12.6. The average Bonchev–Trinajstić information content (AvgIpc) is 2.92. The predicted molar refractivity (Wildman–Crippen MR) is 132 cm³/mol. The lowest BCUT2D eigenvalue weighted by Crippen LogP contribution is -2.50. The van der Waals surface area contributed by atoms with E-state index in [2.05, 4.69) is 39.4 Å². The lowest BCUT2D eigenvalue weighted by atomic mass is 10.0. The molecule has 1 aromatic heterocycles. The molecule has 3 aromatic carbocycles. The van der Waals surface area contributed by atoms with Crippen LogP contribution in [0, 0.1) is 0 Å². The molecule has 5 rings (SSSR count). The van der Waals surface area contributed by atoms with Crippen LogP contribution in [0.3, 0.4) is 0 Å². The quantitative estimate of drug-likeness (QED) is 0.438. The van der Waals surface area contributed by atoms with E-state index in [1.54, 1.807) is 19.2 Å². The maximum atomic E-state index is 12.6. The zero-order chi connectivity index (χ0) is 23.3. The number of aromatic nitrogens is 2. The molecule has 0 radical (unpaired) electrons. The number of fused-ring (bicyclic) bond motifs is 1. The number of carbonyl (C=O) groups is 1. The number of hydrogen-bond acceptors (Lipinski definition) is 6. The first-order valence-electron chi connectivity index (χ1n) is 11.3. The largest absolute Gasteiger partial charge is 0.497 e. The highest BCUT2D eigenvalue weighted by Gasteiger charge is 2.22. The summed E-state index contributed by atoms with van der Waals surface area (Å²) in [6, 6.07) is 25.7. The molecule has 7 heteroatoms. The molecule has 0 unspecified atom stereocenters. The van der Waals surface area contributed by atoms with E-state index in [4.69, 9.17) is 9.47 Å². The number of rotatable bonds is 6. The van der Waals surface area contributed by atoms with E-state index in [1.807, 2.05) is 47.4 Å². The Morgan fingerprint density at radius 1 is 0.824 bits per heavy atom. The van der Waals surface area contributed by atoms with Crippen LogP contribution in [0.2, 0.25) is 0 Å². The van der Waals surface area contributed by atoms with Crippen LogP contribution in [-0.2, 0) is 4.79 Å². The van der Waals surface area contributed by atoms with E-state index in [0.717, 1.165) is 28.2 Å². The van der Waals surface area contributed by atoms with Crippen molar-refractivity contribution in [3.63, 3.8) is 0 Å². The van der Waals surface area contributed by atoms with E-state index in [0.29, 0.717) is 31.9 Å². The molecule has 0 aliphatic carbocycles. The molecule has 1 fully saturated rings.